The summed E-state index contributed by atoms with van der Waals surface area (Å²) in [5, 5.41) is 11.2. The van der Waals surface area contributed by atoms with Gasteiger partial charge in [-0.3, -0.25) is 0 Å². The van der Waals surface area contributed by atoms with Crippen LogP contribution in [-0.4, -0.2) is 30.6 Å². The van der Waals surface area contributed by atoms with Crippen molar-refractivity contribution in [1.29, 1.82) is 0 Å². The number of ether oxygens (including phenoxy) is 2. The molecule has 1 aromatic carbocycles. The third kappa shape index (κ3) is 2.43. The standard InChI is InChI=1S/C10H10ClNO4/c1-15-8-4-3-6(9(11)12-14)5-7(8)10(13)16-2/h3-5,14H,1-2H3/b12-9+. The Morgan fingerprint density at radius 3 is 2.62 bits per heavy atom. The predicted octanol–water partition coefficient (Wildman–Crippen LogP) is 1.86. The van der Waals surface area contributed by atoms with Crippen LogP contribution < -0.4 is 4.74 Å². The number of esters is 1. The van der Waals surface area contributed by atoms with Gasteiger partial charge in [-0.1, -0.05) is 16.8 Å². The van der Waals surface area contributed by atoms with Crippen molar-refractivity contribution in [3.63, 3.8) is 0 Å². The van der Waals surface area contributed by atoms with Crippen LogP contribution in [0, 0.1) is 0 Å². The lowest BCUT2D eigenvalue weighted by Gasteiger charge is -2.07. The van der Waals surface area contributed by atoms with Crippen LogP contribution in [0.4, 0.5) is 0 Å². The van der Waals surface area contributed by atoms with E-state index in [1.165, 1.54) is 26.4 Å². The summed E-state index contributed by atoms with van der Waals surface area (Å²) in [4.78, 5) is 11.4. The number of carbonyl (C=O) groups is 1. The largest absolute Gasteiger partial charge is 0.496 e. The van der Waals surface area contributed by atoms with E-state index in [0.29, 0.717) is 11.3 Å². The topological polar surface area (TPSA) is 68.1 Å². The van der Waals surface area contributed by atoms with E-state index >= 15 is 0 Å². The molecule has 1 N–H and O–H groups in total. The Hall–Kier alpha value is -1.75. The first-order valence-corrected chi connectivity index (χ1v) is 4.66. The van der Waals surface area contributed by atoms with E-state index in [1.807, 2.05) is 0 Å². The molecule has 0 aliphatic carbocycles. The summed E-state index contributed by atoms with van der Waals surface area (Å²) in [5.74, 6) is -0.195. The molecule has 6 heteroatoms. The Bertz CT molecular complexity index is 431. The summed E-state index contributed by atoms with van der Waals surface area (Å²) < 4.78 is 9.57. The molecular weight excluding hydrogens is 234 g/mol. The van der Waals surface area contributed by atoms with Crippen molar-refractivity contribution in [2.45, 2.75) is 0 Å². The molecule has 86 valence electrons. The highest BCUT2D eigenvalue weighted by Gasteiger charge is 2.14. The van der Waals surface area contributed by atoms with E-state index in [2.05, 4.69) is 9.89 Å². The average Bonchev–Trinajstić information content (AvgIpc) is 2.35. The fraction of sp³-hybridized carbons (Fsp3) is 0.200. The van der Waals surface area contributed by atoms with Gasteiger partial charge in [0.25, 0.3) is 0 Å². The molecule has 0 heterocycles. The van der Waals surface area contributed by atoms with Gasteiger partial charge in [0, 0.05) is 5.56 Å². The maximum atomic E-state index is 11.4. The highest BCUT2D eigenvalue weighted by molar-refractivity contribution is 6.69. The number of carbonyl (C=O) groups excluding carboxylic acids is 1. The van der Waals surface area contributed by atoms with Gasteiger partial charge in [0.15, 0.2) is 5.17 Å². The zero-order valence-electron chi connectivity index (χ0n) is 8.73. The second-order valence-electron chi connectivity index (χ2n) is 2.80. The van der Waals surface area contributed by atoms with Crippen LogP contribution in [0.3, 0.4) is 0 Å². The Kier molecular flexibility index (Phi) is 4.13. The molecule has 5 nitrogen and oxygen atoms in total. The molecule has 0 saturated carbocycles. The SMILES string of the molecule is COC(=O)c1cc(/C(Cl)=N\O)ccc1OC. The zero-order chi connectivity index (χ0) is 12.1. The molecule has 16 heavy (non-hydrogen) atoms. The van der Waals surface area contributed by atoms with E-state index < -0.39 is 5.97 Å². The molecule has 0 amide bonds. The van der Waals surface area contributed by atoms with Crippen LogP contribution in [-0.2, 0) is 4.74 Å². The van der Waals surface area contributed by atoms with Gasteiger partial charge in [-0.05, 0) is 18.2 Å². The summed E-state index contributed by atoms with van der Waals surface area (Å²) in [6.07, 6.45) is 0. The quantitative estimate of drug-likeness (QED) is 0.381. The first-order valence-electron chi connectivity index (χ1n) is 4.28. The zero-order valence-corrected chi connectivity index (χ0v) is 9.49. The van der Waals surface area contributed by atoms with Crippen LogP contribution >= 0.6 is 11.6 Å². The third-order valence-electron chi connectivity index (χ3n) is 1.93. The van der Waals surface area contributed by atoms with Crippen molar-refractivity contribution in [2.75, 3.05) is 14.2 Å². The summed E-state index contributed by atoms with van der Waals surface area (Å²) in [7, 11) is 2.69. The number of hydrogen-bond acceptors (Lipinski definition) is 5. The second kappa shape index (κ2) is 5.37. The monoisotopic (exact) mass is 243 g/mol. The van der Waals surface area contributed by atoms with Gasteiger partial charge in [0.1, 0.15) is 11.3 Å². The van der Waals surface area contributed by atoms with Crippen molar-refractivity contribution < 1.29 is 19.5 Å². The Morgan fingerprint density at radius 1 is 1.44 bits per heavy atom. The predicted molar refractivity (Wildman–Crippen MR) is 58.5 cm³/mol. The number of hydrogen-bond donors (Lipinski definition) is 1. The van der Waals surface area contributed by atoms with Gasteiger partial charge in [-0.15, -0.1) is 0 Å². The van der Waals surface area contributed by atoms with Crippen molar-refractivity contribution in [1.82, 2.24) is 0 Å². The number of benzene rings is 1. The molecule has 0 aromatic heterocycles. The Morgan fingerprint density at radius 2 is 2.12 bits per heavy atom. The van der Waals surface area contributed by atoms with Gasteiger partial charge in [0.05, 0.1) is 14.2 Å². The van der Waals surface area contributed by atoms with E-state index in [0.717, 1.165) is 0 Å². The van der Waals surface area contributed by atoms with Crippen molar-refractivity contribution in [3.8, 4) is 5.75 Å². The van der Waals surface area contributed by atoms with Gasteiger partial charge >= 0.3 is 5.97 Å². The minimum atomic E-state index is -0.555. The molecule has 0 spiro atoms. The van der Waals surface area contributed by atoms with Crippen LogP contribution in [0.1, 0.15) is 15.9 Å². The van der Waals surface area contributed by atoms with Crippen LogP contribution in [0.2, 0.25) is 0 Å². The molecule has 0 fully saturated rings. The maximum absolute atomic E-state index is 11.4. The Labute approximate surface area is 97.2 Å². The molecular formula is C10H10ClNO4. The number of methoxy groups -OCH3 is 2. The van der Waals surface area contributed by atoms with E-state index in [9.17, 15) is 4.79 Å². The fourth-order valence-corrected chi connectivity index (χ4v) is 1.28. The lowest BCUT2D eigenvalue weighted by molar-refractivity contribution is 0.0597. The third-order valence-corrected chi connectivity index (χ3v) is 2.22. The van der Waals surface area contributed by atoms with Gasteiger partial charge in [-0.25, -0.2) is 4.79 Å². The van der Waals surface area contributed by atoms with E-state index in [4.69, 9.17) is 21.5 Å². The molecule has 0 bridgehead atoms. The molecule has 1 aromatic rings. The summed E-state index contributed by atoms with van der Waals surface area (Å²) >= 11 is 5.61. The van der Waals surface area contributed by atoms with Gasteiger partial charge in [0.2, 0.25) is 0 Å². The molecule has 0 aliphatic rings. The lowest BCUT2D eigenvalue weighted by atomic mass is 10.1. The van der Waals surface area contributed by atoms with Crippen molar-refractivity contribution >= 4 is 22.7 Å². The van der Waals surface area contributed by atoms with Crippen LogP contribution in [0.5, 0.6) is 5.75 Å². The molecule has 0 saturated heterocycles. The first kappa shape index (κ1) is 12.3. The summed E-state index contributed by atoms with van der Waals surface area (Å²) in [6, 6.07) is 4.52. The summed E-state index contributed by atoms with van der Waals surface area (Å²) in [5.41, 5.74) is 0.606. The number of rotatable bonds is 3. The Balaban J connectivity index is 3.26. The first-order chi connectivity index (χ1) is 7.63. The minimum Gasteiger partial charge on any atom is -0.496 e. The highest BCUT2D eigenvalue weighted by atomic mass is 35.5. The van der Waals surface area contributed by atoms with Gasteiger partial charge < -0.3 is 14.7 Å². The van der Waals surface area contributed by atoms with E-state index in [1.54, 1.807) is 6.07 Å². The fourth-order valence-electron chi connectivity index (χ4n) is 1.16. The van der Waals surface area contributed by atoms with Crippen LogP contribution in [0.25, 0.3) is 0 Å². The molecule has 0 atom stereocenters. The highest BCUT2D eigenvalue weighted by Crippen LogP contribution is 2.21. The number of nitrogens with zero attached hydrogens (tertiary/aromatic N) is 1. The molecule has 0 radical (unpaired) electrons. The van der Waals surface area contributed by atoms with Gasteiger partial charge in [-0.2, -0.15) is 0 Å². The lowest BCUT2D eigenvalue weighted by Crippen LogP contribution is -2.06. The van der Waals surface area contributed by atoms with Crippen LogP contribution in [0.15, 0.2) is 23.4 Å². The summed E-state index contributed by atoms with van der Waals surface area (Å²) in [6.45, 7) is 0. The average molecular weight is 244 g/mol. The normalized spacial score (nSPS) is 11.1. The van der Waals surface area contributed by atoms with Crippen molar-refractivity contribution in [3.05, 3.63) is 29.3 Å². The molecule has 0 unspecified atom stereocenters. The minimum absolute atomic E-state index is 0.118. The number of halogens is 1. The van der Waals surface area contributed by atoms with E-state index in [-0.39, 0.29) is 10.7 Å². The maximum Gasteiger partial charge on any atom is 0.341 e. The second-order valence-corrected chi connectivity index (χ2v) is 3.16. The van der Waals surface area contributed by atoms with Crippen molar-refractivity contribution in [2.24, 2.45) is 5.16 Å². The smallest absolute Gasteiger partial charge is 0.341 e. The number of oxime groups is 1. The molecule has 1 rings (SSSR count). The molecule has 0 aliphatic heterocycles.